The molecule has 0 saturated carbocycles. The zero-order valence-electron chi connectivity index (χ0n) is 18.9. The molecule has 3 aromatic carbocycles. The van der Waals surface area contributed by atoms with Crippen molar-refractivity contribution in [3.63, 3.8) is 0 Å². The van der Waals surface area contributed by atoms with Gasteiger partial charge in [0.05, 0.1) is 49.9 Å². The number of halogens is 3. The summed E-state index contributed by atoms with van der Waals surface area (Å²) in [6.45, 7) is 0. The minimum absolute atomic E-state index is 0.422. The third-order valence-electron chi connectivity index (χ3n) is 5.28. The van der Waals surface area contributed by atoms with Crippen molar-refractivity contribution in [1.82, 2.24) is 9.78 Å². The molecule has 0 amide bonds. The Hall–Kier alpha value is -3.06. The summed E-state index contributed by atoms with van der Waals surface area (Å²) in [6, 6.07) is 16.2. The fraction of sp³-hybridized carbons (Fsp3) is 0.160. The minimum atomic E-state index is 0.422. The van der Waals surface area contributed by atoms with E-state index in [1.54, 1.807) is 63.5 Å². The first kappa shape index (κ1) is 24.1. The van der Waals surface area contributed by atoms with E-state index in [9.17, 15) is 0 Å². The molecule has 1 aromatic heterocycles. The molecule has 0 N–H and O–H groups in total. The second-order valence-electron chi connectivity index (χ2n) is 7.16. The van der Waals surface area contributed by atoms with Gasteiger partial charge in [0.1, 0.15) is 5.69 Å². The molecule has 0 fully saturated rings. The molecule has 0 saturated heterocycles. The van der Waals surface area contributed by atoms with Crippen LogP contribution in [0.4, 0.5) is 0 Å². The highest BCUT2D eigenvalue weighted by Crippen LogP contribution is 2.43. The van der Waals surface area contributed by atoms with E-state index in [-0.39, 0.29) is 0 Å². The number of rotatable bonds is 7. The fourth-order valence-corrected chi connectivity index (χ4v) is 4.45. The smallest absolute Gasteiger partial charge is 0.161 e. The molecule has 0 aliphatic rings. The Morgan fingerprint density at radius 2 is 1.21 bits per heavy atom. The largest absolute Gasteiger partial charge is 0.493 e. The Labute approximate surface area is 212 Å². The van der Waals surface area contributed by atoms with Gasteiger partial charge in [-0.3, -0.25) is 0 Å². The van der Waals surface area contributed by atoms with Gasteiger partial charge in [-0.05, 0) is 54.6 Å². The van der Waals surface area contributed by atoms with Crippen LogP contribution in [0.15, 0.2) is 54.6 Å². The van der Waals surface area contributed by atoms with Crippen molar-refractivity contribution >= 4 is 34.8 Å². The molecule has 0 bridgehead atoms. The molecular weight excluding hydrogens is 499 g/mol. The van der Waals surface area contributed by atoms with Gasteiger partial charge < -0.3 is 18.9 Å². The van der Waals surface area contributed by atoms with Crippen LogP contribution in [0.25, 0.3) is 28.2 Å². The standard InChI is InChI=1S/C25H21Cl3N2O4/c1-31-19-9-5-14(11-21(19)33-3)24-23(28)25(15-6-10-20(32-2)22(12-15)34-4)30(29-24)18-8-7-16(26)13-17(18)27/h5-13H,1-4H3. The molecule has 0 atom stereocenters. The topological polar surface area (TPSA) is 54.7 Å². The molecule has 34 heavy (non-hydrogen) atoms. The normalized spacial score (nSPS) is 10.8. The number of methoxy groups -OCH3 is 4. The van der Waals surface area contributed by atoms with Crippen LogP contribution in [-0.4, -0.2) is 38.2 Å². The van der Waals surface area contributed by atoms with Crippen LogP contribution in [0.3, 0.4) is 0 Å². The van der Waals surface area contributed by atoms with E-state index in [0.717, 1.165) is 11.1 Å². The lowest BCUT2D eigenvalue weighted by molar-refractivity contribution is 0.355. The van der Waals surface area contributed by atoms with Crippen molar-refractivity contribution in [2.75, 3.05) is 28.4 Å². The van der Waals surface area contributed by atoms with Crippen molar-refractivity contribution in [1.29, 1.82) is 0 Å². The van der Waals surface area contributed by atoms with Gasteiger partial charge >= 0.3 is 0 Å². The number of benzene rings is 3. The van der Waals surface area contributed by atoms with Crippen molar-refractivity contribution < 1.29 is 18.9 Å². The number of ether oxygens (including phenoxy) is 4. The van der Waals surface area contributed by atoms with Crippen LogP contribution in [0.1, 0.15) is 0 Å². The van der Waals surface area contributed by atoms with E-state index >= 15 is 0 Å². The lowest BCUT2D eigenvalue weighted by Crippen LogP contribution is -2.01. The third-order valence-corrected chi connectivity index (χ3v) is 6.18. The summed E-state index contributed by atoms with van der Waals surface area (Å²) >= 11 is 19.7. The maximum Gasteiger partial charge on any atom is 0.161 e. The van der Waals surface area contributed by atoms with Gasteiger partial charge in [-0.25, -0.2) is 4.68 Å². The van der Waals surface area contributed by atoms with Gasteiger partial charge in [-0.1, -0.05) is 34.8 Å². The molecule has 0 aliphatic heterocycles. The quantitative estimate of drug-likeness (QED) is 0.258. The fourth-order valence-electron chi connectivity index (χ4n) is 3.63. The van der Waals surface area contributed by atoms with Crippen LogP contribution in [0.5, 0.6) is 23.0 Å². The van der Waals surface area contributed by atoms with Crippen molar-refractivity contribution in [2.24, 2.45) is 0 Å². The SMILES string of the molecule is COc1ccc(-c2nn(-c3ccc(Cl)cc3Cl)c(-c3ccc(OC)c(OC)c3)c2Cl)cc1OC. The number of hydrogen-bond acceptors (Lipinski definition) is 5. The Balaban J connectivity index is 1.99. The summed E-state index contributed by atoms with van der Waals surface area (Å²) in [5.41, 5.74) is 3.28. The molecule has 6 nitrogen and oxygen atoms in total. The van der Waals surface area contributed by atoms with Gasteiger partial charge in [-0.2, -0.15) is 5.10 Å². The number of hydrogen-bond donors (Lipinski definition) is 0. The van der Waals surface area contributed by atoms with E-state index in [4.69, 9.17) is 58.8 Å². The van der Waals surface area contributed by atoms with Crippen molar-refractivity contribution in [2.45, 2.75) is 0 Å². The summed E-state index contributed by atoms with van der Waals surface area (Å²) in [5.74, 6) is 2.31. The molecule has 4 rings (SSSR count). The molecule has 0 spiro atoms. The highest BCUT2D eigenvalue weighted by molar-refractivity contribution is 6.37. The molecule has 176 valence electrons. The van der Waals surface area contributed by atoms with Crippen molar-refractivity contribution in [3.8, 4) is 51.2 Å². The van der Waals surface area contributed by atoms with Crippen LogP contribution >= 0.6 is 34.8 Å². The van der Waals surface area contributed by atoms with E-state index < -0.39 is 0 Å². The van der Waals surface area contributed by atoms with Gasteiger partial charge in [0, 0.05) is 16.1 Å². The van der Waals surface area contributed by atoms with E-state index in [0.29, 0.717) is 55.1 Å². The number of nitrogens with zero attached hydrogens (tertiary/aromatic N) is 2. The zero-order valence-corrected chi connectivity index (χ0v) is 21.1. The zero-order chi connectivity index (χ0) is 24.4. The monoisotopic (exact) mass is 518 g/mol. The van der Waals surface area contributed by atoms with Crippen molar-refractivity contribution in [3.05, 3.63) is 69.7 Å². The van der Waals surface area contributed by atoms with E-state index in [1.807, 2.05) is 24.3 Å². The molecule has 0 radical (unpaired) electrons. The molecule has 1 heterocycles. The molecule has 9 heteroatoms. The number of aromatic nitrogens is 2. The molecule has 0 unspecified atom stereocenters. The highest BCUT2D eigenvalue weighted by atomic mass is 35.5. The Morgan fingerprint density at radius 3 is 1.76 bits per heavy atom. The average molecular weight is 520 g/mol. The van der Waals surface area contributed by atoms with Crippen LogP contribution in [-0.2, 0) is 0 Å². The lowest BCUT2D eigenvalue weighted by Gasteiger charge is -2.13. The summed E-state index contributed by atoms with van der Waals surface area (Å²) in [5, 5.41) is 6.19. The molecular formula is C25H21Cl3N2O4. The lowest BCUT2D eigenvalue weighted by atomic mass is 10.1. The summed E-state index contributed by atoms with van der Waals surface area (Å²) in [6.07, 6.45) is 0. The average Bonchev–Trinajstić information content (AvgIpc) is 3.19. The first-order valence-electron chi connectivity index (χ1n) is 10.1. The summed E-state index contributed by atoms with van der Waals surface area (Å²) in [4.78, 5) is 0. The maximum atomic E-state index is 6.97. The third kappa shape index (κ3) is 4.37. The second kappa shape index (κ2) is 10.1. The van der Waals surface area contributed by atoms with Gasteiger partial charge in [0.2, 0.25) is 0 Å². The Bertz CT molecular complexity index is 1350. The summed E-state index contributed by atoms with van der Waals surface area (Å²) in [7, 11) is 6.31. The first-order chi connectivity index (χ1) is 16.4. The Morgan fingerprint density at radius 1 is 0.647 bits per heavy atom. The molecule has 0 aliphatic carbocycles. The first-order valence-corrected chi connectivity index (χ1v) is 11.2. The molecule has 4 aromatic rings. The predicted molar refractivity (Wildman–Crippen MR) is 136 cm³/mol. The summed E-state index contributed by atoms with van der Waals surface area (Å²) < 4.78 is 23.4. The second-order valence-corrected chi connectivity index (χ2v) is 8.38. The van der Waals surface area contributed by atoms with Gasteiger partial charge in [0.15, 0.2) is 23.0 Å². The maximum absolute atomic E-state index is 6.97. The Kier molecular flexibility index (Phi) is 7.12. The van der Waals surface area contributed by atoms with Crippen LogP contribution in [0.2, 0.25) is 15.1 Å². The van der Waals surface area contributed by atoms with Crippen LogP contribution < -0.4 is 18.9 Å². The predicted octanol–water partition coefficient (Wildman–Crippen LogP) is 7.20. The van der Waals surface area contributed by atoms with Gasteiger partial charge in [-0.15, -0.1) is 0 Å². The minimum Gasteiger partial charge on any atom is -0.493 e. The van der Waals surface area contributed by atoms with Crippen LogP contribution in [0, 0.1) is 0 Å². The van der Waals surface area contributed by atoms with E-state index in [1.165, 1.54) is 0 Å². The highest BCUT2D eigenvalue weighted by Gasteiger charge is 2.23. The van der Waals surface area contributed by atoms with Gasteiger partial charge in [0.25, 0.3) is 0 Å². The van der Waals surface area contributed by atoms with E-state index in [2.05, 4.69) is 0 Å².